The molecule has 0 atom stereocenters. The van der Waals surface area contributed by atoms with E-state index in [0.29, 0.717) is 5.69 Å². The summed E-state index contributed by atoms with van der Waals surface area (Å²) in [5.74, 6) is 0.0417. The van der Waals surface area contributed by atoms with Gasteiger partial charge < -0.3 is 15.5 Å². The Morgan fingerprint density at radius 3 is 2.52 bits per heavy atom. The van der Waals surface area contributed by atoms with Crippen molar-refractivity contribution in [3.63, 3.8) is 0 Å². The van der Waals surface area contributed by atoms with E-state index in [1.54, 1.807) is 6.20 Å². The number of anilines is 1. The smallest absolute Gasteiger partial charge is 0.141 e. The van der Waals surface area contributed by atoms with Gasteiger partial charge in [-0.25, -0.2) is 0 Å². The summed E-state index contributed by atoms with van der Waals surface area (Å²) in [5.41, 5.74) is 7.25. The maximum absolute atomic E-state index is 7.50. The molecule has 1 aromatic heterocycles. The standard InChI is InChI=1S/C16H25N5/c17-16(18)15-12-14(4-7-19-15)21-10-5-13(6-11-21)20-8-2-1-3-9-20/h4,7,12-13H,1-3,5-6,8-11H2,(H3,17,18). The minimum atomic E-state index is 0.0417. The van der Waals surface area contributed by atoms with Gasteiger partial charge in [0, 0.05) is 31.0 Å². The molecular weight excluding hydrogens is 262 g/mol. The number of aromatic nitrogens is 1. The van der Waals surface area contributed by atoms with Crippen LogP contribution in [-0.2, 0) is 0 Å². The summed E-state index contributed by atoms with van der Waals surface area (Å²) in [4.78, 5) is 9.22. The average molecular weight is 287 g/mol. The van der Waals surface area contributed by atoms with Crippen molar-refractivity contribution >= 4 is 11.5 Å². The third-order valence-corrected chi connectivity index (χ3v) is 4.76. The zero-order valence-corrected chi connectivity index (χ0v) is 12.6. The second kappa shape index (κ2) is 6.43. The summed E-state index contributed by atoms with van der Waals surface area (Å²) >= 11 is 0. The summed E-state index contributed by atoms with van der Waals surface area (Å²) in [6.45, 7) is 4.74. The van der Waals surface area contributed by atoms with Crippen LogP contribution in [0.25, 0.3) is 0 Å². The Hall–Kier alpha value is -1.62. The average Bonchev–Trinajstić information content (AvgIpc) is 2.56. The molecule has 0 radical (unpaired) electrons. The molecule has 0 aliphatic carbocycles. The van der Waals surface area contributed by atoms with Crippen LogP contribution in [0.5, 0.6) is 0 Å². The van der Waals surface area contributed by atoms with Gasteiger partial charge in [-0.2, -0.15) is 0 Å². The van der Waals surface area contributed by atoms with E-state index in [4.69, 9.17) is 11.1 Å². The van der Waals surface area contributed by atoms with Gasteiger partial charge in [0.1, 0.15) is 11.5 Å². The fourth-order valence-corrected chi connectivity index (χ4v) is 3.54. The van der Waals surface area contributed by atoms with Crippen LogP contribution in [-0.4, -0.2) is 47.9 Å². The number of nitrogens with zero attached hydrogens (tertiary/aromatic N) is 3. The molecule has 2 aliphatic heterocycles. The van der Waals surface area contributed by atoms with E-state index in [-0.39, 0.29) is 5.84 Å². The highest BCUT2D eigenvalue weighted by Crippen LogP contribution is 2.24. The number of hydrogen-bond donors (Lipinski definition) is 2. The maximum atomic E-state index is 7.50. The molecular formula is C16H25N5. The van der Waals surface area contributed by atoms with Crippen LogP contribution in [0.3, 0.4) is 0 Å². The Morgan fingerprint density at radius 1 is 1.14 bits per heavy atom. The predicted octanol–water partition coefficient (Wildman–Crippen LogP) is 1.82. The third-order valence-electron chi connectivity index (χ3n) is 4.76. The van der Waals surface area contributed by atoms with E-state index in [9.17, 15) is 0 Å². The van der Waals surface area contributed by atoms with Crippen LogP contribution in [0, 0.1) is 5.41 Å². The number of likely N-dealkylation sites (tertiary alicyclic amines) is 1. The molecule has 5 heteroatoms. The van der Waals surface area contributed by atoms with Gasteiger partial charge in [-0.1, -0.05) is 6.42 Å². The number of amidine groups is 1. The van der Waals surface area contributed by atoms with Crippen molar-refractivity contribution in [1.29, 1.82) is 5.41 Å². The molecule has 3 heterocycles. The van der Waals surface area contributed by atoms with E-state index >= 15 is 0 Å². The molecule has 114 valence electrons. The monoisotopic (exact) mass is 287 g/mol. The Bertz CT molecular complexity index is 487. The van der Waals surface area contributed by atoms with Gasteiger partial charge >= 0.3 is 0 Å². The summed E-state index contributed by atoms with van der Waals surface area (Å²) in [6, 6.07) is 4.72. The fourth-order valence-electron chi connectivity index (χ4n) is 3.54. The normalized spacial score (nSPS) is 21.4. The summed E-state index contributed by atoms with van der Waals surface area (Å²) in [6.07, 6.45) is 8.36. The van der Waals surface area contributed by atoms with Crippen molar-refractivity contribution in [3.05, 3.63) is 24.0 Å². The molecule has 0 spiro atoms. The van der Waals surface area contributed by atoms with E-state index < -0.39 is 0 Å². The molecule has 0 aromatic carbocycles. The number of piperidine rings is 2. The number of nitrogens with two attached hydrogens (primary N) is 1. The highest BCUT2D eigenvalue weighted by atomic mass is 15.2. The topological polar surface area (TPSA) is 69.2 Å². The van der Waals surface area contributed by atoms with Crippen LogP contribution in [0.15, 0.2) is 18.3 Å². The van der Waals surface area contributed by atoms with Crippen LogP contribution in [0.4, 0.5) is 5.69 Å². The SMILES string of the molecule is N=C(N)c1cc(N2CCC(N3CCCCC3)CC2)ccn1. The number of nitrogen functional groups attached to an aromatic ring is 1. The molecule has 1 aromatic rings. The van der Waals surface area contributed by atoms with Gasteiger partial charge in [0.2, 0.25) is 0 Å². The number of rotatable bonds is 3. The molecule has 2 saturated heterocycles. The summed E-state index contributed by atoms with van der Waals surface area (Å²) < 4.78 is 0. The maximum Gasteiger partial charge on any atom is 0.141 e. The first-order valence-electron chi connectivity index (χ1n) is 8.03. The van der Waals surface area contributed by atoms with Crippen molar-refractivity contribution in [3.8, 4) is 0 Å². The van der Waals surface area contributed by atoms with Gasteiger partial charge in [-0.3, -0.25) is 10.4 Å². The first-order chi connectivity index (χ1) is 10.2. The lowest BCUT2D eigenvalue weighted by atomic mass is 9.99. The lowest BCUT2D eigenvalue weighted by Crippen LogP contribution is -2.46. The predicted molar refractivity (Wildman–Crippen MR) is 85.9 cm³/mol. The molecule has 21 heavy (non-hydrogen) atoms. The molecule has 3 N–H and O–H groups in total. The Labute approximate surface area is 126 Å². The van der Waals surface area contributed by atoms with Crippen molar-refractivity contribution in [2.45, 2.75) is 38.1 Å². The molecule has 5 nitrogen and oxygen atoms in total. The summed E-state index contributed by atoms with van der Waals surface area (Å²) in [5, 5.41) is 7.50. The van der Waals surface area contributed by atoms with Crippen LogP contribution in [0.1, 0.15) is 37.8 Å². The minimum absolute atomic E-state index is 0.0417. The number of pyridine rings is 1. The first kappa shape index (κ1) is 14.3. The quantitative estimate of drug-likeness (QED) is 0.657. The second-order valence-electron chi connectivity index (χ2n) is 6.13. The molecule has 0 bridgehead atoms. The van der Waals surface area contributed by atoms with Crippen molar-refractivity contribution in [2.75, 3.05) is 31.1 Å². The number of nitrogens with one attached hydrogen (secondary N) is 1. The van der Waals surface area contributed by atoms with Gasteiger partial charge in [0.25, 0.3) is 0 Å². The highest BCUT2D eigenvalue weighted by molar-refractivity contribution is 5.93. The van der Waals surface area contributed by atoms with Crippen molar-refractivity contribution < 1.29 is 0 Å². The van der Waals surface area contributed by atoms with Gasteiger partial charge in [0.05, 0.1) is 0 Å². The lowest BCUT2D eigenvalue weighted by Gasteiger charge is -2.41. The fraction of sp³-hybridized carbons (Fsp3) is 0.625. The first-order valence-corrected chi connectivity index (χ1v) is 8.03. The summed E-state index contributed by atoms with van der Waals surface area (Å²) in [7, 11) is 0. The zero-order chi connectivity index (χ0) is 14.7. The second-order valence-corrected chi connectivity index (χ2v) is 6.13. The molecule has 0 amide bonds. The van der Waals surface area contributed by atoms with Gasteiger partial charge in [-0.05, 0) is 50.9 Å². The van der Waals surface area contributed by atoms with Crippen molar-refractivity contribution in [1.82, 2.24) is 9.88 Å². The lowest BCUT2D eigenvalue weighted by molar-refractivity contribution is 0.141. The largest absolute Gasteiger partial charge is 0.382 e. The Morgan fingerprint density at radius 2 is 1.86 bits per heavy atom. The Balaban J connectivity index is 1.60. The molecule has 3 rings (SSSR count). The van der Waals surface area contributed by atoms with Crippen LogP contribution in [0.2, 0.25) is 0 Å². The van der Waals surface area contributed by atoms with Gasteiger partial charge in [0.15, 0.2) is 0 Å². The Kier molecular flexibility index (Phi) is 4.39. The third kappa shape index (κ3) is 3.35. The minimum Gasteiger partial charge on any atom is -0.382 e. The van der Waals surface area contributed by atoms with Crippen LogP contribution >= 0.6 is 0 Å². The molecule has 2 fully saturated rings. The van der Waals surface area contributed by atoms with Crippen LogP contribution < -0.4 is 10.6 Å². The van der Waals surface area contributed by atoms with Crippen molar-refractivity contribution in [2.24, 2.45) is 5.73 Å². The van der Waals surface area contributed by atoms with Gasteiger partial charge in [-0.15, -0.1) is 0 Å². The zero-order valence-electron chi connectivity index (χ0n) is 12.6. The number of hydrogen-bond acceptors (Lipinski definition) is 4. The van der Waals surface area contributed by atoms with E-state index in [1.165, 1.54) is 45.2 Å². The molecule has 0 unspecified atom stereocenters. The van der Waals surface area contributed by atoms with E-state index in [1.807, 2.05) is 12.1 Å². The van der Waals surface area contributed by atoms with E-state index in [2.05, 4.69) is 14.8 Å². The van der Waals surface area contributed by atoms with E-state index in [0.717, 1.165) is 24.8 Å². The molecule has 2 aliphatic rings. The highest BCUT2D eigenvalue weighted by Gasteiger charge is 2.25. The molecule has 0 saturated carbocycles.